The smallest absolute Gasteiger partial charge is 0.383 e. The largest absolute Gasteiger partial charge is 0.434 e. The van der Waals surface area contributed by atoms with Crippen molar-refractivity contribution in [3.05, 3.63) is 16.1 Å². The Morgan fingerprint density at radius 2 is 2.00 bits per heavy atom. The van der Waals surface area contributed by atoms with Crippen molar-refractivity contribution in [2.24, 2.45) is 4.99 Å². The summed E-state index contributed by atoms with van der Waals surface area (Å²) < 4.78 is 42.7. The van der Waals surface area contributed by atoms with Crippen LogP contribution in [0.3, 0.4) is 0 Å². The van der Waals surface area contributed by atoms with Crippen LogP contribution < -0.4 is 10.6 Å². The van der Waals surface area contributed by atoms with Crippen molar-refractivity contribution in [2.45, 2.75) is 12.6 Å². The lowest BCUT2D eigenvalue weighted by molar-refractivity contribution is -0.140. The van der Waals surface area contributed by atoms with Gasteiger partial charge in [-0.05, 0) is 0 Å². The Balaban J connectivity index is 1.70. The molecule has 0 radical (unpaired) electrons. The molecule has 1 amide bonds. The zero-order valence-electron chi connectivity index (χ0n) is 16.6. The Morgan fingerprint density at radius 3 is 2.59 bits per heavy atom. The van der Waals surface area contributed by atoms with Gasteiger partial charge in [0.15, 0.2) is 11.7 Å². The molecule has 1 aromatic heterocycles. The number of hydrogen-bond donors (Lipinski definition) is 2. The second-order valence-corrected chi connectivity index (χ2v) is 7.40. The second kappa shape index (κ2) is 11.3. The molecule has 0 atom stereocenters. The first-order valence-electron chi connectivity index (χ1n) is 9.28. The summed E-state index contributed by atoms with van der Waals surface area (Å²) in [5, 5.41) is 7.45. The van der Waals surface area contributed by atoms with E-state index >= 15 is 0 Å². The third kappa shape index (κ3) is 7.78. The number of ether oxygens (including phenoxy) is 1. The molecule has 0 saturated carbocycles. The van der Waals surface area contributed by atoms with Crippen LogP contribution in [-0.4, -0.2) is 93.2 Å². The van der Waals surface area contributed by atoms with Gasteiger partial charge in [0.1, 0.15) is 0 Å². The molecule has 1 aliphatic rings. The summed E-state index contributed by atoms with van der Waals surface area (Å²) >= 11 is 1.01. The maximum atomic E-state index is 12.6. The van der Waals surface area contributed by atoms with Crippen LogP contribution in [0.25, 0.3) is 0 Å². The monoisotopic (exact) mass is 436 g/mol. The quantitative estimate of drug-likeness (QED) is 0.354. The molecule has 8 nitrogen and oxygen atoms in total. The number of nitrogens with one attached hydrogen (secondary N) is 2. The van der Waals surface area contributed by atoms with E-state index in [0.29, 0.717) is 56.7 Å². The number of piperazine rings is 1. The van der Waals surface area contributed by atoms with Crippen molar-refractivity contribution in [1.29, 1.82) is 0 Å². The first kappa shape index (κ1) is 23.4. The Labute approximate surface area is 172 Å². The molecule has 0 aromatic carbocycles. The summed E-state index contributed by atoms with van der Waals surface area (Å²) in [7, 11) is 3.26. The van der Waals surface area contributed by atoms with Crippen molar-refractivity contribution in [3.63, 3.8) is 0 Å². The Hall–Kier alpha value is -1.92. The van der Waals surface area contributed by atoms with Gasteiger partial charge in [-0.3, -0.25) is 14.7 Å². The normalized spacial score (nSPS) is 16.2. The van der Waals surface area contributed by atoms with Crippen LogP contribution in [-0.2, 0) is 22.1 Å². The summed E-state index contributed by atoms with van der Waals surface area (Å²) in [5.74, 6) is 0.668. The molecule has 1 aliphatic heterocycles. The molecular formula is C17H27F3N6O2S. The highest BCUT2D eigenvalue weighted by Gasteiger charge is 2.33. The number of carbonyl (C=O) groups excluding carboxylic acids is 1. The molecule has 0 unspecified atom stereocenters. The van der Waals surface area contributed by atoms with Crippen LogP contribution in [0.4, 0.5) is 13.2 Å². The maximum Gasteiger partial charge on any atom is 0.434 e. The minimum absolute atomic E-state index is 0.0281. The molecule has 2 N–H and O–H groups in total. The van der Waals surface area contributed by atoms with Crippen LogP contribution in [0.2, 0.25) is 0 Å². The molecule has 0 aliphatic carbocycles. The Morgan fingerprint density at radius 1 is 1.28 bits per heavy atom. The number of alkyl halides is 3. The van der Waals surface area contributed by atoms with Gasteiger partial charge in [-0.25, -0.2) is 4.98 Å². The van der Waals surface area contributed by atoms with Gasteiger partial charge < -0.3 is 20.3 Å². The molecule has 2 heterocycles. The molecule has 0 spiro atoms. The molecule has 1 saturated heterocycles. The third-order valence-electron chi connectivity index (χ3n) is 4.34. The number of halogens is 3. The number of guanidine groups is 1. The summed E-state index contributed by atoms with van der Waals surface area (Å²) in [6.45, 7) is 4.63. The van der Waals surface area contributed by atoms with Crippen LogP contribution in [0.5, 0.6) is 0 Å². The summed E-state index contributed by atoms with van der Waals surface area (Å²) in [6, 6.07) is 0. The molecule has 164 valence electrons. The molecule has 1 aromatic rings. The van der Waals surface area contributed by atoms with Crippen LogP contribution in [0.15, 0.2) is 10.4 Å². The fourth-order valence-corrected chi connectivity index (χ4v) is 3.64. The summed E-state index contributed by atoms with van der Waals surface area (Å²) in [5.41, 5.74) is -0.843. The van der Waals surface area contributed by atoms with Gasteiger partial charge in [-0.15, -0.1) is 11.3 Å². The van der Waals surface area contributed by atoms with E-state index in [1.807, 2.05) is 0 Å². The third-order valence-corrected chi connectivity index (χ3v) is 5.25. The second-order valence-electron chi connectivity index (χ2n) is 6.45. The number of rotatable bonds is 8. The predicted molar refractivity (Wildman–Crippen MR) is 105 cm³/mol. The van der Waals surface area contributed by atoms with Crippen molar-refractivity contribution < 1.29 is 22.7 Å². The van der Waals surface area contributed by atoms with E-state index in [0.717, 1.165) is 29.8 Å². The predicted octanol–water partition coefficient (Wildman–Crippen LogP) is 0.660. The number of hydrogen-bond acceptors (Lipinski definition) is 6. The molecule has 2 rings (SSSR count). The molecular weight excluding hydrogens is 409 g/mol. The van der Waals surface area contributed by atoms with Crippen molar-refractivity contribution >= 4 is 23.2 Å². The van der Waals surface area contributed by atoms with E-state index in [1.54, 1.807) is 14.2 Å². The highest BCUT2D eigenvalue weighted by atomic mass is 32.1. The van der Waals surface area contributed by atoms with E-state index in [4.69, 9.17) is 4.74 Å². The van der Waals surface area contributed by atoms with Gasteiger partial charge in [-0.1, -0.05) is 0 Å². The maximum absolute atomic E-state index is 12.6. The number of methoxy groups -OCH3 is 1. The number of thiazole rings is 1. The zero-order chi connectivity index (χ0) is 21.3. The topological polar surface area (TPSA) is 82.1 Å². The molecule has 12 heteroatoms. The number of carbonyl (C=O) groups is 1. The van der Waals surface area contributed by atoms with Crippen LogP contribution >= 0.6 is 11.3 Å². The van der Waals surface area contributed by atoms with Gasteiger partial charge in [0.25, 0.3) is 0 Å². The SMILES string of the molecule is CN=C(NCCc1nc(C(F)(F)F)cs1)N1CCN(CC(=O)NCCOC)CC1. The number of nitrogens with zero attached hydrogens (tertiary/aromatic N) is 4. The van der Waals surface area contributed by atoms with E-state index < -0.39 is 11.9 Å². The van der Waals surface area contributed by atoms with Gasteiger partial charge in [-0.2, -0.15) is 13.2 Å². The lowest BCUT2D eigenvalue weighted by atomic mass is 10.3. The summed E-state index contributed by atoms with van der Waals surface area (Å²) in [6.07, 6.45) is -4.01. The van der Waals surface area contributed by atoms with Crippen molar-refractivity contribution in [3.8, 4) is 0 Å². The van der Waals surface area contributed by atoms with E-state index in [1.165, 1.54) is 0 Å². The molecule has 29 heavy (non-hydrogen) atoms. The molecule has 0 bridgehead atoms. The zero-order valence-corrected chi connectivity index (χ0v) is 17.4. The highest BCUT2D eigenvalue weighted by molar-refractivity contribution is 7.09. The first-order chi connectivity index (χ1) is 13.8. The van der Waals surface area contributed by atoms with Crippen molar-refractivity contribution in [2.75, 3.05) is 66.6 Å². The van der Waals surface area contributed by atoms with Gasteiger partial charge in [0.2, 0.25) is 5.91 Å². The van der Waals surface area contributed by atoms with Gasteiger partial charge >= 0.3 is 6.18 Å². The highest BCUT2D eigenvalue weighted by Crippen LogP contribution is 2.29. The number of amides is 1. The summed E-state index contributed by atoms with van der Waals surface area (Å²) in [4.78, 5) is 23.9. The minimum atomic E-state index is -4.40. The Bertz CT molecular complexity index is 674. The van der Waals surface area contributed by atoms with Crippen LogP contribution in [0, 0.1) is 0 Å². The standard InChI is InChI=1S/C17H27F3N6O2S/c1-21-16(23-4-3-15-24-13(12-29-15)17(18,19)20)26-8-6-25(7-9-26)11-14(27)22-5-10-28-2/h12H,3-11H2,1-2H3,(H,21,23)(H,22,27). The lowest BCUT2D eigenvalue weighted by Gasteiger charge is -2.36. The Kier molecular flexibility index (Phi) is 9.11. The lowest BCUT2D eigenvalue weighted by Crippen LogP contribution is -2.54. The fourth-order valence-electron chi connectivity index (χ4n) is 2.84. The number of aromatic nitrogens is 1. The van der Waals surface area contributed by atoms with Gasteiger partial charge in [0, 0.05) is 65.2 Å². The van der Waals surface area contributed by atoms with E-state index in [2.05, 4.69) is 30.4 Å². The van der Waals surface area contributed by atoms with Gasteiger partial charge in [0.05, 0.1) is 18.2 Å². The van der Waals surface area contributed by atoms with Crippen LogP contribution in [0.1, 0.15) is 10.7 Å². The average molecular weight is 437 g/mol. The van der Waals surface area contributed by atoms with E-state index in [-0.39, 0.29) is 5.91 Å². The van der Waals surface area contributed by atoms with Crippen molar-refractivity contribution in [1.82, 2.24) is 25.4 Å². The molecule has 1 fully saturated rings. The first-order valence-corrected chi connectivity index (χ1v) is 10.2. The number of aliphatic imine (C=N–C) groups is 1. The minimum Gasteiger partial charge on any atom is -0.383 e. The van der Waals surface area contributed by atoms with E-state index in [9.17, 15) is 18.0 Å². The fraction of sp³-hybridized carbons (Fsp3) is 0.706. The average Bonchev–Trinajstić information content (AvgIpc) is 3.16.